The van der Waals surface area contributed by atoms with Crippen LogP contribution in [0.15, 0.2) is 48.5 Å². The standard InChI is InChI=1S/C21H23FN2O2/c1-2-23-10-12-24(13-11-23)20-8-7-17(15-19(20)22)21(26)9-6-16-4-3-5-18(25)14-16/h3-9,14-15,25H,2,10-13H2,1H3/b9-6+. The number of aromatic hydroxyl groups is 1. The number of halogens is 1. The zero-order valence-corrected chi connectivity index (χ0v) is 14.9. The minimum atomic E-state index is -0.369. The molecular formula is C21H23FN2O2. The summed E-state index contributed by atoms with van der Waals surface area (Å²) in [6.07, 6.45) is 3.00. The number of allylic oxidation sites excluding steroid dienone is 1. The van der Waals surface area contributed by atoms with Crippen molar-refractivity contribution in [3.63, 3.8) is 0 Å². The van der Waals surface area contributed by atoms with E-state index in [-0.39, 0.29) is 17.3 Å². The van der Waals surface area contributed by atoms with Gasteiger partial charge < -0.3 is 14.9 Å². The highest BCUT2D eigenvalue weighted by Crippen LogP contribution is 2.22. The van der Waals surface area contributed by atoms with Crippen molar-refractivity contribution < 1.29 is 14.3 Å². The van der Waals surface area contributed by atoms with Gasteiger partial charge in [-0.1, -0.05) is 25.1 Å². The Morgan fingerprint density at radius 1 is 1.15 bits per heavy atom. The lowest BCUT2D eigenvalue weighted by Crippen LogP contribution is -2.46. The van der Waals surface area contributed by atoms with Crippen molar-refractivity contribution in [2.75, 3.05) is 37.6 Å². The third-order valence-corrected chi connectivity index (χ3v) is 4.69. The number of carbonyl (C=O) groups excluding carboxylic acids is 1. The van der Waals surface area contributed by atoms with Crippen LogP contribution < -0.4 is 4.90 Å². The molecule has 0 atom stereocenters. The highest BCUT2D eigenvalue weighted by Gasteiger charge is 2.19. The van der Waals surface area contributed by atoms with E-state index in [9.17, 15) is 14.3 Å². The Morgan fingerprint density at radius 2 is 1.92 bits per heavy atom. The summed E-state index contributed by atoms with van der Waals surface area (Å²) in [5, 5.41) is 9.44. The van der Waals surface area contributed by atoms with Gasteiger partial charge in [-0.25, -0.2) is 4.39 Å². The minimum absolute atomic E-state index is 0.137. The maximum atomic E-state index is 14.5. The second-order valence-electron chi connectivity index (χ2n) is 6.38. The molecule has 1 N–H and O–H groups in total. The first-order valence-electron chi connectivity index (χ1n) is 8.85. The molecule has 4 nitrogen and oxygen atoms in total. The fraction of sp³-hybridized carbons (Fsp3) is 0.286. The van der Waals surface area contributed by atoms with Crippen molar-refractivity contribution in [2.45, 2.75) is 6.92 Å². The molecule has 0 radical (unpaired) electrons. The molecule has 1 saturated heterocycles. The first kappa shape index (κ1) is 18.1. The maximum Gasteiger partial charge on any atom is 0.185 e. The van der Waals surface area contributed by atoms with Crippen LogP contribution in [-0.2, 0) is 0 Å². The van der Waals surface area contributed by atoms with Crippen molar-refractivity contribution in [1.29, 1.82) is 0 Å². The number of hydrogen-bond donors (Lipinski definition) is 1. The van der Waals surface area contributed by atoms with E-state index >= 15 is 0 Å². The van der Waals surface area contributed by atoms with E-state index in [0.717, 1.165) is 32.7 Å². The smallest absolute Gasteiger partial charge is 0.185 e. The number of rotatable bonds is 5. The van der Waals surface area contributed by atoms with Crippen LogP contribution >= 0.6 is 0 Å². The Hall–Kier alpha value is -2.66. The Kier molecular flexibility index (Phi) is 5.68. The van der Waals surface area contributed by atoms with E-state index in [4.69, 9.17) is 0 Å². The summed E-state index contributed by atoms with van der Waals surface area (Å²) >= 11 is 0. The van der Waals surface area contributed by atoms with Crippen LogP contribution in [0.5, 0.6) is 5.75 Å². The van der Waals surface area contributed by atoms with Crippen LogP contribution in [0, 0.1) is 5.82 Å². The highest BCUT2D eigenvalue weighted by atomic mass is 19.1. The van der Waals surface area contributed by atoms with Crippen LogP contribution in [0.25, 0.3) is 6.08 Å². The van der Waals surface area contributed by atoms with E-state index in [1.807, 2.05) is 4.90 Å². The molecule has 1 aliphatic heterocycles. The second-order valence-corrected chi connectivity index (χ2v) is 6.38. The third-order valence-electron chi connectivity index (χ3n) is 4.69. The number of hydrogen-bond acceptors (Lipinski definition) is 4. The van der Waals surface area contributed by atoms with Gasteiger partial charge >= 0.3 is 0 Å². The van der Waals surface area contributed by atoms with Gasteiger partial charge in [0, 0.05) is 31.7 Å². The van der Waals surface area contributed by atoms with Gasteiger partial charge in [0.05, 0.1) is 5.69 Å². The van der Waals surface area contributed by atoms with Crippen LogP contribution in [0.2, 0.25) is 0 Å². The normalized spacial score (nSPS) is 15.5. The van der Waals surface area contributed by atoms with Gasteiger partial charge in [-0.05, 0) is 48.5 Å². The van der Waals surface area contributed by atoms with Crippen molar-refractivity contribution in [1.82, 2.24) is 4.90 Å². The predicted molar refractivity (Wildman–Crippen MR) is 102 cm³/mol. The van der Waals surface area contributed by atoms with Crippen molar-refractivity contribution in [3.8, 4) is 5.75 Å². The SMILES string of the molecule is CCN1CCN(c2ccc(C(=O)/C=C/c3cccc(O)c3)cc2F)CC1. The molecule has 3 rings (SSSR count). The molecule has 5 heteroatoms. The van der Waals surface area contributed by atoms with Crippen LogP contribution in [0.3, 0.4) is 0 Å². The fourth-order valence-electron chi connectivity index (χ4n) is 3.12. The lowest BCUT2D eigenvalue weighted by molar-refractivity contribution is 0.104. The first-order chi connectivity index (χ1) is 12.6. The lowest BCUT2D eigenvalue weighted by Gasteiger charge is -2.35. The molecule has 1 aliphatic rings. The minimum Gasteiger partial charge on any atom is -0.508 e. The monoisotopic (exact) mass is 354 g/mol. The number of anilines is 1. The summed E-state index contributed by atoms with van der Waals surface area (Å²) in [4.78, 5) is 16.6. The molecule has 1 fully saturated rings. The van der Waals surface area contributed by atoms with Crippen LogP contribution in [0.4, 0.5) is 10.1 Å². The van der Waals surface area contributed by atoms with E-state index in [2.05, 4.69) is 11.8 Å². The zero-order chi connectivity index (χ0) is 18.5. The summed E-state index contributed by atoms with van der Waals surface area (Å²) in [7, 11) is 0. The number of phenolic OH excluding ortho intramolecular Hbond substituents is 1. The van der Waals surface area contributed by atoms with E-state index in [1.165, 1.54) is 12.1 Å². The predicted octanol–water partition coefficient (Wildman–Crippen LogP) is 3.57. The number of piperazine rings is 1. The number of carbonyl (C=O) groups is 1. The Labute approximate surface area is 153 Å². The van der Waals surface area contributed by atoms with Gasteiger partial charge in [-0.15, -0.1) is 0 Å². The van der Waals surface area contributed by atoms with E-state index in [1.54, 1.807) is 42.5 Å². The molecule has 136 valence electrons. The van der Waals surface area contributed by atoms with Gasteiger partial charge in [0.15, 0.2) is 5.78 Å². The molecule has 0 amide bonds. The Balaban J connectivity index is 1.70. The van der Waals surface area contributed by atoms with E-state index < -0.39 is 0 Å². The molecule has 0 aliphatic carbocycles. The van der Waals surface area contributed by atoms with Crippen molar-refractivity contribution in [3.05, 3.63) is 65.5 Å². The Bertz CT molecular complexity index is 811. The summed E-state index contributed by atoms with van der Waals surface area (Å²) in [6, 6.07) is 11.3. The van der Waals surface area contributed by atoms with Gasteiger partial charge in [0.2, 0.25) is 0 Å². The summed E-state index contributed by atoms with van der Waals surface area (Å²) in [5.41, 5.74) is 1.58. The van der Waals surface area contributed by atoms with Gasteiger partial charge in [-0.3, -0.25) is 4.79 Å². The number of benzene rings is 2. The summed E-state index contributed by atoms with van der Waals surface area (Å²) in [5.74, 6) is -0.501. The Morgan fingerprint density at radius 3 is 2.58 bits per heavy atom. The molecule has 1 heterocycles. The average molecular weight is 354 g/mol. The van der Waals surface area contributed by atoms with Gasteiger partial charge in [0.1, 0.15) is 11.6 Å². The van der Waals surface area contributed by atoms with Crippen molar-refractivity contribution in [2.24, 2.45) is 0 Å². The van der Waals surface area contributed by atoms with E-state index in [0.29, 0.717) is 16.8 Å². The number of likely N-dealkylation sites (N-methyl/N-ethyl adjacent to an activating group) is 1. The number of phenols is 1. The molecule has 0 aromatic heterocycles. The topological polar surface area (TPSA) is 43.8 Å². The molecule has 2 aromatic rings. The molecule has 2 aromatic carbocycles. The largest absolute Gasteiger partial charge is 0.508 e. The molecule has 0 spiro atoms. The average Bonchev–Trinajstić information content (AvgIpc) is 2.66. The third kappa shape index (κ3) is 4.29. The van der Waals surface area contributed by atoms with Crippen molar-refractivity contribution >= 4 is 17.5 Å². The number of nitrogens with zero attached hydrogens (tertiary/aromatic N) is 2. The first-order valence-corrected chi connectivity index (χ1v) is 8.85. The molecule has 0 unspecified atom stereocenters. The fourth-order valence-corrected chi connectivity index (χ4v) is 3.12. The maximum absolute atomic E-state index is 14.5. The summed E-state index contributed by atoms with van der Waals surface area (Å²) < 4.78 is 14.5. The van der Waals surface area contributed by atoms with Crippen LogP contribution in [-0.4, -0.2) is 48.5 Å². The number of ketones is 1. The highest BCUT2D eigenvalue weighted by molar-refractivity contribution is 6.07. The zero-order valence-electron chi connectivity index (χ0n) is 14.9. The summed E-state index contributed by atoms with van der Waals surface area (Å²) in [6.45, 7) is 6.55. The molecular weight excluding hydrogens is 331 g/mol. The quantitative estimate of drug-likeness (QED) is 0.659. The second kappa shape index (κ2) is 8.15. The van der Waals surface area contributed by atoms with Crippen LogP contribution in [0.1, 0.15) is 22.8 Å². The molecule has 0 saturated carbocycles. The van der Waals surface area contributed by atoms with Gasteiger partial charge in [0.25, 0.3) is 0 Å². The lowest BCUT2D eigenvalue weighted by atomic mass is 10.1. The van der Waals surface area contributed by atoms with Gasteiger partial charge in [-0.2, -0.15) is 0 Å². The molecule has 26 heavy (non-hydrogen) atoms. The molecule has 0 bridgehead atoms.